The van der Waals surface area contributed by atoms with Gasteiger partial charge in [-0.3, -0.25) is 14.4 Å². The number of ether oxygens (including phenoxy) is 3. The van der Waals surface area contributed by atoms with Crippen molar-refractivity contribution >= 4 is 17.9 Å². The van der Waals surface area contributed by atoms with Gasteiger partial charge < -0.3 is 14.2 Å². The summed E-state index contributed by atoms with van der Waals surface area (Å²) in [5, 5.41) is 0. The Morgan fingerprint density at radius 3 is 0.792 bits per heavy atom. The highest BCUT2D eigenvalue weighted by atomic mass is 16.6. The summed E-state index contributed by atoms with van der Waals surface area (Å²) in [4.78, 5) is 38.1. The minimum Gasteiger partial charge on any atom is -0.462 e. The van der Waals surface area contributed by atoms with Crippen LogP contribution in [0, 0.1) is 0 Å². The van der Waals surface area contributed by atoms with Gasteiger partial charge in [-0.25, -0.2) is 0 Å². The third kappa shape index (κ3) is 63.6. The molecular weight excluding hydrogens is 949 g/mol. The van der Waals surface area contributed by atoms with Crippen molar-refractivity contribution < 1.29 is 28.6 Å². The van der Waals surface area contributed by atoms with E-state index in [-0.39, 0.29) is 31.1 Å². The van der Waals surface area contributed by atoms with Crippen LogP contribution in [0.25, 0.3) is 0 Å². The first-order chi connectivity index (χ1) is 38.0. The van der Waals surface area contributed by atoms with Crippen LogP contribution < -0.4 is 0 Å². The summed E-state index contributed by atoms with van der Waals surface area (Å²) in [6.45, 7) is 6.50. The van der Waals surface area contributed by atoms with Crippen molar-refractivity contribution in [3.8, 4) is 0 Å². The van der Waals surface area contributed by atoms with Crippen LogP contribution in [-0.2, 0) is 28.6 Å². The van der Waals surface area contributed by atoms with E-state index in [1.54, 1.807) is 0 Å². The van der Waals surface area contributed by atoms with Crippen LogP contribution in [0.5, 0.6) is 0 Å². The molecule has 0 aliphatic rings. The molecule has 1 unspecified atom stereocenters. The van der Waals surface area contributed by atoms with Crippen molar-refractivity contribution in [3.63, 3.8) is 0 Å². The monoisotopic (exact) mass is 1070 g/mol. The first-order valence-corrected chi connectivity index (χ1v) is 33.4. The Labute approximate surface area is 478 Å². The lowest BCUT2D eigenvalue weighted by molar-refractivity contribution is -0.167. The van der Waals surface area contributed by atoms with Crippen LogP contribution in [0.1, 0.15) is 342 Å². The smallest absolute Gasteiger partial charge is 0.306 e. The molecule has 0 radical (unpaired) electrons. The highest BCUT2D eigenvalue weighted by Crippen LogP contribution is 2.17. The molecule has 0 saturated carbocycles. The van der Waals surface area contributed by atoms with E-state index in [2.05, 4.69) is 93.7 Å². The number of rotatable bonds is 61. The fourth-order valence-corrected chi connectivity index (χ4v) is 9.70. The highest BCUT2D eigenvalue weighted by Gasteiger charge is 2.19. The Kier molecular flexibility index (Phi) is 62.7. The lowest BCUT2D eigenvalue weighted by Crippen LogP contribution is -2.30. The predicted octanol–water partition coefficient (Wildman–Crippen LogP) is 22.9. The van der Waals surface area contributed by atoms with Crippen LogP contribution in [0.4, 0.5) is 0 Å². The van der Waals surface area contributed by atoms with Gasteiger partial charge >= 0.3 is 17.9 Å². The number of hydrogen-bond donors (Lipinski definition) is 0. The lowest BCUT2D eigenvalue weighted by atomic mass is 10.0. The van der Waals surface area contributed by atoms with Crippen LogP contribution >= 0.6 is 0 Å². The summed E-state index contributed by atoms with van der Waals surface area (Å²) in [5.74, 6) is -0.884. The molecule has 1 atom stereocenters. The Morgan fingerprint density at radius 2 is 0.506 bits per heavy atom. The molecule has 6 heteroatoms. The maximum atomic E-state index is 12.8. The molecule has 77 heavy (non-hydrogen) atoms. The van der Waals surface area contributed by atoms with Crippen molar-refractivity contribution in [2.24, 2.45) is 0 Å². The number of hydrogen-bond acceptors (Lipinski definition) is 6. The maximum Gasteiger partial charge on any atom is 0.306 e. The number of carbonyl (C=O) groups excluding carboxylic acids is 3. The maximum absolute atomic E-state index is 12.8. The molecule has 0 aromatic rings. The van der Waals surface area contributed by atoms with E-state index in [1.807, 2.05) is 0 Å². The third-order valence-corrected chi connectivity index (χ3v) is 14.7. The van der Waals surface area contributed by atoms with Gasteiger partial charge in [-0.05, 0) is 89.9 Å². The SMILES string of the molecule is CC/C=C\C/C=C\C/C=C\C/C=C\CCCCCCCCC(=O)OC(COC(=O)CCCCCCCCC)COC(=O)CCCCCCCCCCCCCCCCCCCCCCC/C=C\C/C=C\CCCCCCC. The summed E-state index contributed by atoms with van der Waals surface area (Å²) in [7, 11) is 0. The minimum absolute atomic E-state index is 0.0776. The summed E-state index contributed by atoms with van der Waals surface area (Å²) in [5.41, 5.74) is 0. The number of unbranched alkanes of at least 4 members (excludes halogenated alkanes) is 38. The number of carbonyl (C=O) groups is 3. The zero-order valence-corrected chi connectivity index (χ0v) is 51.2. The first kappa shape index (κ1) is 73.8. The average Bonchev–Trinajstić information content (AvgIpc) is 3.43. The van der Waals surface area contributed by atoms with E-state index in [0.29, 0.717) is 19.3 Å². The minimum atomic E-state index is -0.779. The zero-order valence-electron chi connectivity index (χ0n) is 51.2. The molecule has 0 heterocycles. The average molecular weight is 1080 g/mol. The van der Waals surface area contributed by atoms with Crippen molar-refractivity contribution in [2.75, 3.05) is 13.2 Å². The molecule has 446 valence electrons. The Hall–Kier alpha value is -3.15. The molecule has 0 spiro atoms. The topological polar surface area (TPSA) is 78.9 Å². The zero-order chi connectivity index (χ0) is 55.7. The second kappa shape index (κ2) is 65.4. The third-order valence-electron chi connectivity index (χ3n) is 14.7. The molecule has 0 aromatic heterocycles. The van der Waals surface area contributed by atoms with Crippen molar-refractivity contribution in [3.05, 3.63) is 72.9 Å². The first-order valence-electron chi connectivity index (χ1n) is 33.4. The van der Waals surface area contributed by atoms with Gasteiger partial charge in [-0.1, -0.05) is 306 Å². The molecular formula is C71H126O6. The summed E-state index contributed by atoms with van der Waals surface area (Å²) in [6, 6.07) is 0. The van der Waals surface area contributed by atoms with Crippen LogP contribution in [-0.4, -0.2) is 37.2 Å². The standard InChI is InChI=1S/C71H126O6/c1-4-7-10-13-16-18-20-22-24-26-28-29-30-31-32-33-34-35-36-37-38-39-40-41-43-44-46-48-50-52-55-58-61-64-70(73)76-67-68(66-75-69(72)63-60-57-54-15-12-9-6-3)77-71(74)65-62-59-56-53-51-49-47-45-42-27-25-23-21-19-17-14-11-8-5-2/h8,11,17,19-20,22-23,25-26,28,42,45,68H,4-7,9-10,12-16,18,21,24,27,29-41,43-44,46-67H2,1-3H3/b11-8-,19-17-,22-20-,25-23-,28-26-,45-42-. The normalized spacial score (nSPS) is 12.5. The molecule has 6 nitrogen and oxygen atoms in total. The number of esters is 3. The molecule has 0 saturated heterocycles. The van der Waals surface area contributed by atoms with E-state index >= 15 is 0 Å². The molecule has 0 rings (SSSR count). The van der Waals surface area contributed by atoms with E-state index in [1.165, 1.54) is 199 Å². The van der Waals surface area contributed by atoms with Gasteiger partial charge in [0.1, 0.15) is 13.2 Å². The molecule has 0 aromatic carbocycles. The molecule has 0 N–H and O–H groups in total. The van der Waals surface area contributed by atoms with E-state index in [9.17, 15) is 14.4 Å². The summed E-state index contributed by atoms with van der Waals surface area (Å²) < 4.78 is 16.8. The van der Waals surface area contributed by atoms with Crippen molar-refractivity contribution in [1.29, 1.82) is 0 Å². The van der Waals surface area contributed by atoms with Gasteiger partial charge in [0.25, 0.3) is 0 Å². The van der Waals surface area contributed by atoms with E-state index in [4.69, 9.17) is 14.2 Å². The Morgan fingerprint density at radius 1 is 0.273 bits per heavy atom. The van der Waals surface area contributed by atoms with Crippen molar-refractivity contribution in [2.45, 2.75) is 348 Å². The fourth-order valence-electron chi connectivity index (χ4n) is 9.70. The van der Waals surface area contributed by atoms with E-state index < -0.39 is 6.10 Å². The fraction of sp³-hybridized carbons (Fsp3) is 0.789. The van der Waals surface area contributed by atoms with Crippen LogP contribution in [0.2, 0.25) is 0 Å². The van der Waals surface area contributed by atoms with E-state index in [0.717, 1.165) is 103 Å². The summed E-state index contributed by atoms with van der Waals surface area (Å²) >= 11 is 0. The van der Waals surface area contributed by atoms with Gasteiger partial charge in [-0.2, -0.15) is 0 Å². The Bertz CT molecular complexity index is 1420. The summed E-state index contributed by atoms with van der Waals surface area (Å²) in [6.07, 6.45) is 85.3. The molecule has 0 aliphatic carbocycles. The molecule has 0 amide bonds. The second-order valence-corrected chi connectivity index (χ2v) is 22.4. The largest absolute Gasteiger partial charge is 0.462 e. The van der Waals surface area contributed by atoms with Crippen LogP contribution in [0.3, 0.4) is 0 Å². The van der Waals surface area contributed by atoms with Gasteiger partial charge in [0, 0.05) is 19.3 Å². The molecule has 0 aliphatic heterocycles. The Balaban J connectivity index is 4.01. The second-order valence-electron chi connectivity index (χ2n) is 22.4. The van der Waals surface area contributed by atoms with Crippen molar-refractivity contribution in [1.82, 2.24) is 0 Å². The molecule has 0 bridgehead atoms. The van der Waals surface area contributed by atoms with Crippen LogP contribution in [0.15, 0.2) is 72.9 Å². The number of allylic oxidation sites excluding steroid dienone is 12. The lowest BCUT2D eigenvalue weighted by Gasteiger charge is -2.18. The van der Waals surface area contributed by atoms with Gasteiger partial charge in [0.15, 0.2) is 6.10 Å². The quantitative estimate of drug-likeness (QED) is 0.0261. The van der Waals surface area contributed by atoms with Gasteiger partial charge in [-0.15, -0.1) is 0 Å². The predicted molar refractivity (Wildman–Crippen MR) is 335 cm³/mol. The molecule has 0 fully saturated rings. The highest BCUT2D eigenvalue weighted by molar-refractivity contribution is 5.71. The van der Waals surface area contributed by atoms with Gasteiger partial charge in [0.05, 0.1) is 0 Å². The van der Waals surface area contributed by atoms with Gasteiger partial charge in [0.2, 0.25) is 0 Å².